The highest BCUT2D eigenvalue weighted by Gasteiger charge is 2.53. The number of nitrogens with zero attached hydrogens (tertiary/aromatic N) is 7. The molecule has 5 N–H and O–H groups in total. The monoisotopic (exact) mass is 1120 g/mol. The lowest BCUT2D eigenvalue weighted by molar-refractivity contribution is -0.318. The third kappa shape index (κ3) is 14.0. The van der Waals surface area contributed by atoms with E-state index >= 15 is 4.39 Å². The number of carbonyl (C=O) groups is 2. The molecule has 22 heteroatoms. The van der Waals surface area contributed by atoms with Gasteiger partial charge in [-0.25, -0.2) is 18.7 Å². The van der Waals surface area contributed by atoms with Crippen molar-refractivity contribution >= 4 is 23.4 Å². The van der Waals surface area contributed by atoms with Crippen LogP contribution in [0.25, 0.3) is 16.0 Å². The first-order valence-electron chi connectivity index (χ1n) is 28.0. The molecule has 5 heterocycles. The number of cyclic esters (lactones) is 2. The van der Waals surface area contributed by atoms with Gasteiger partial charge in [0, 0.05) is 62.8 Å². The molecule has 0 spiro atoms. The summed E-state index contributed by atoms with van der Waals surface area (Å²) in [6, 6.07) is 10.0. The van der Waals surface area contributed by atoms with E-state index in [0.717, 1.165) is 0 Å². The molecular weight excluding hydrogens is 1040 g/mol. The predicted octanol–water partition coefficient (Wildman–Crippen LogP) is 5.49. The largest absolute Gasteiger partial charge is 0.459 e. The highest BCUT2D eigenvalue weighted by Crippen LogP contribution is 2.41. The Morgan fingerprint density at radius 2 is 1.64 bits per heavy atom. The Morgan fingerprint density at radius 3 is 2.29 bits per heavy atom. The number of hydrogen-bond acceptors (Lipinski definition) is 18. The van der Waals surface area contributed by atoms with Crippen LogP contribution in [0.1, 0.15) is 101 Å². The topological polar surface area (TPSA) is 245 Å². The van der Waals surface area contributed by atoms with E-state index < -0.39 is 126 Å². The molecule has 7 rings (SSSR count). The summed E-state index contributed by atoms with van der Waals surface area (Å²) in [5.74, 6) is -3.43. The van der Waals surface area contributed by atoms with Crippen molar-refractivity contribution in [1.29, 1.82) is 0 Å². The number of carbonyl (C=O) groups excluding carboxylic acids is 2. The van der Waals surface area contributed by atoms with E-state index in [9.17, 15) is 35.1 Å². The number of esters is 1. The van der Waals surface area contributed by atoms with E-state index in [0.29, 0.717) is 54.1 Å². The van der Waals surface area contributed by atoms with Gasteiger partial charge in [0.15, 0.2) is 18.3 Å². The number of benzene rings is 2. The van der Waals surface area contributed by atoms with Gasteiger partial charge in [0.25, 0.3) is 0 Å². The number of aliphatic hydroxyl groups excluding tert-OH is 3. The molecule has 2 aromatic carbocycles. The number of hydrogen-bond donors (Lipinski definition) is 5. The van der Waals surface area contributed by atoms with E-state index in [2.05, 4.69) is 15.2 Å². The molecule has 0 unspecified atom stereocenters. The van der Waals surface area contributed by atoms with Crippen molar-refractivity contribution in [2.24, 2.45) is 17.8 Å². The van der Waals surface area contributed by atoms with Crippen molar-refractivity contribution < 1.29 is 72.7 Å². The molecule has 21 nitrogen and oxygen atoms in total. The molecule has 4 aliphatic heterocycles. The molecular formula is C58H86FN7O14. The van der Waals surface area contributed by atoms with Gasteiger partial charge in [-0.3, -0.25) is 9.69 Å². The van der Waals surface area contributed by atoms with Crippen LogP contribution in [0.15, 0.2) is 48.7 Å². The lowest BCUT2D eigenvalue weighted by Gasteiger charge is -2.49. The Hall–Kier alpha value is -4.74. The molecule has 3 aromatic rings. The minimum absolute atomic E-state index is 0.0755. The number of aliphatic hydroxyl groups is 5. The average molecular weight is 1120 g/mol. The quantitative estimate of drug-likeness (QED) is 0.0990. The third-order valence-electron chi connectivity index (χ3n) is 17.3. The lowest BCUT2D eigenvalue weighted by Crippen LogP contribution is -2.61. The number of amides is 1. The minimum Gasteiger partial charge on any atom is -0.459 e. The fraction of sp³-hybridized carbons (Fsp3) is 0.707. The van der Waals surface area contributed by atoms with Crippen LogP contribution < -0.4 is 4.90 Å². The summed E-state index contributed by atoms with van der Waals surface area (Å²) >= 11 is 0. The summed E-state index contributed by atoms with van der Waals surface area (Å²) in [5, 5.41) is 68.6. The SMILES string of the molecule is [C-]#[N+]c1ccc(-c2ccc(N3C[C@H](Cn4cc(CCN(C)[C@H]5C[C@@H](C)O[C@@H](O[C@@H]6[C@@H](C)[C@H](O[C@H]7C[C@@](C)(OC)[C@@H](O)[C@H](C)O7)[C@@H](C)C(=O)O[C@H](CC)[C@@](C)(O)[C@H](O)[C@@H](C)N(C)C[C@H](C)C[C@@]6(C)O)[C@@H]5O)nn4)OC3=O)cc2F)cc1. The van der Waals surface area contributed by atoms with Gasteiger partial charge in [0.05, 0.1) is 72.6 Å². The third-order valence-corrected chi connectivity index (χ3v) is 17.3. The molecule has 0 radical (unpaired) electrons. The molecule has 4 aliphatic rings. The molecule has 1 aromatic heterocycles. The fourth-order valence-corrected chi connectivity index (χ4v) is 12.3. The molecule has 4 fully saturated rings. The minimum atomic E-state index is -1.86. The molecule has 444 valence electrons. The zero-order chi connectivity index (χ0) is 58.8. The van der Waals surface area contributed by atoms with Gasteiger partial charge >= 0.3 is 12.1 Å². The van der Waals surface area contributed by atoms with Crippen LogP contribution >= 0.6 is 0 Å². The molecule has 80 heavy (non-hydrogen) atoms. The zero-order valence-electron chi connectivity index (χ0n) is 48.6. The van der Waals surface area contributed by atoms with Crippen molar-refractivity contribution in [2.75, 3.05) is 45.7 Å². The van der Waals surface area contributed by atoms with Gasteiger partial charge in [0.2, 0.25) is 0 Å². The van der Waals surface area contributed by atoms with Gasteiger partial charge in [-0.05, 0) is 112 Å². The molecule has 0 saturated carbocycles. The van der Waals surface area contributed by atoms with E-state index in [4.69, 9.17) is 39.7 Å². The van der Waals surface area contributed by atoms with Crippen LogP contribution in [0.3, 0.4) is 0 Å². The van der Waals surface area contributed by atoms with Gasteiger partial charge < -0.3 is 68.5 Å². The van der Waals surface area contributed by atoms with Crippen LogP contribution in [0.5, 0.6) is 0 Å². The number of anilines is 1. The normalized spacial score (nSPS) is 38.1. The molecule has 19 atom stereocenters. The summed E-state index contributed by atoms with van der Waals surface area (Å²) in [4.78, 5) is 36.2. The van der Waals surface area contributed by atoms with Crippen molar-refractivity contribution in [3.63, 3.8) is 0 Å². The van der Waals surface area contributed by atoms with Crippen molar-refractivity contribution in [3.05, 3.63) is 71.6 Å². The summed E-state index contributed by atoms with van der Waals surface area (Å²) < 4.78 is 60.9. The van der Waals surface area contributed by atoms with E-state index in [1.54, 1.807) is 95.7 Å². The summed E-state index contributed by atoms with van der Waals surface area (Å²) in [5.41, 5.74) is -2.24. The Bertz CT molecular complexity index is 2600. The highest BCUT2D eigenvalue weighted by molar-refractivity contribution is 5.90. The molecule has 0 aliphatic carbocycles. The second-order valence-electron chi connectivity index (χ2n) is 23.8. The van der Waals surface area contributed by atoms with Gasteiger partial charge in [-0.15, -0.1) is 5.10 Å². The smallest absolute Gasteiger partial charge is 0.414 e. The maximum atomic E-state index is 15.4. The number of methoxy groups -OCH3 is 1. The summed E-state index contributed by atoms with van der Waals surface area (Å²) in [6.07, 6.45) is -8.60. The van der Waals surface area contributed by atoms with Gasteiger partial charge in [-0.2, -0.15) is 0 Å². The van der Waals surface area contributed by atoms with Crippen molar-refractivity contribution in [3.8, 4) is 11.1 Å². The molecule has 0 bridgehead atoms. The first kappa shape index (κ1) is 62.9. The van der Waals surface area contributed by atoms with Crippen molar-refractivity contribution in [1.82, 2.24) is 24.8 Å². The standard InChI is InChI=1S/C58H86FN7O14/c1-15-46-58(10,73)50(68)36(6)64(13)28-32(2)26-56(8,72)52(34(4)49(35(5)53(70)78-46)79-47-27-57(9,74-14)51(69)37(7)76-47)80-54-48(67)45(24-33(3)75-54)63(12)23-22-40-29-65(62-61-40)30-42-31-66(55(71)77-42)41-20-21-43(44(59)25-41)38-16-18-39(60-11)19-17-38/h16-21,25,29,32-37,42,45-52,54,67-69,72-73H,15,22-24,26-28,30-31H2,1-10,12-14H3/t32-,33-,34+,35-,36-,37+,42+,45+,46-,47+,48-,49+,50-,51+,52-,54+,56-,57-,58-/m1/s1. The first-order valence-corrected chi connectivity index (χ1v) is 28.0. The average Bonchev–Trinajstić information content (AvgIpc) is 4.05. The second-order valence-corrected chi connectivity index (χ2v) is 23.8. The van der Waals surface area contributed by atoms with E-state index in [1.165, 1.54) is 25.0 Å². The fourth-order valence-electron chi connectivity index (χ4n) is 12.3. The van der Waals surface area contributed by atoms with Crippen molar-refractivity contribution in [2.45, 2.75) is 204 Å². The summed E-state index contributed by atoms with van der Waals surface area (Å²) in [6.45, 7) is 25.7. The first-order chi connectivity index (χ1) is 37.6. The number of likely N-dealkylation sites (N-methyl/N-ethyl adjacent to an activating group) is 2. The van der Waals surface area contributed by atoms with Crippen LogP contribution in [0.2, 0.25) is 0 Å². The zero-order valence-corrected chi connectivity index (χ0v) is 48.6. The number of ether oxygens (including phenoxy) is 7. The number of halogens is 1. The predicted molar refractivity (Wildman–Crippen MR) is 293 cm³/mol. The second kappa shape index (κ2) is 25.8. The van der Waals surface area contributed by atoms with E-state index in [1.807, 2.05) is 37.7 Å². The number of rotatable bonds is 14. The number of aromatic nitrogens is 3. The molecule has 4 saturated heterocycles. The highest BCUT2D eigenvalue weighted by atomic mass is 19.1. The van der Waals surface area contributed by atoms with Gasteiger partial charge in [-0.1, -0.05) is 50.3 Å². The molecule has 1 amide bonds. The van der Waals surface area contributed by atoms with Crippen LogP contribution in [-0.2, 0) is 50.9 Å². The van der Waals surface area contributed by atoms with Gasteiger partial charge in [0.1, 0.15) is 41.9 Å². The maximum absolute atomic E-state index is 15.4. The Labute approximate surface area is 470 Å². The summed E-state index contributed by atoms with van der Waals surface area (Å²) in [7, 11) is 5.19. The van der Waals surface area contributed by atoms with Crippen LogP contribution in [0.4, 0.5) is 20.6 Å². The lowest BCUT2D eigenvalue weighted by atomic mass is 9.77. The van der Waals surface area contributed by atoms with Crippen LogP contribution in [0, 0.1) is 30.1 Å². The Morgan fingerprint density at radius 1 is 0.938 bits per heavy atom. The van der Waals surface area contributed by atoms with E-state index in [-0.39, 0.29) is 38.3 Å². The van der Waals surface area contributed by atoms with Crippen LogP contribution in [-0.4, -0.2) is 200 Å². The Balaban J connectivity index is 1.07. The Kier molecular flexibility index (Phi) is 20.3. The maximum Gasteiger partial charge on any atom is 0.414 e.